The largest absolute Gasteiger partial charge is 0.326 e. The van der Waals surface area contributed by atoms with E-state index in [1.54, 1.807) is 31.2 Å². The van der Waals surface area contributed by atoms with Gasteiger partial charge in [0, 0.05) is 18.7 Å². The van der Waals surface area contributed by atoms with Gasteiger partial charge in [0.1, 0.15) is 5.25 Å². The molecule has 1 fully saturated rings. The van der Waals surface area contributed by atoms with E-state index >= 15 is 0 Å². The first-order chi connectivity index (χ1) is 14.2. The lowest BCUT2D eigenvalue weighted by Crippen LogP contribution is -2.33. The summed E-state index contributed by atoms with van der Waals surface area (Å²) < 4.78 is 29.2. The summed E-state index contributed by atoms with van der Waals surface area (Å²) in [5.74, 6) is -0.636. The Bertz CT molecular complexity index is 1080. The number of amidine groups is 1. The van der Waals surface area contributed by atoms with Crippen LogP contribution in [0.4, 0.5) is 5.69 Å². The van der Waals surface area contributed by atoms with Crippen LogP contribution in [0.2, 0.25) is 0 Å². The van der Waals surface area contributed by atoms with E-state index in [4.69, 9.17) is 0 Å². The van der Waals surface area contributed by atoms with E-state index in [-0.39, 0.29) is 34.8 Å². The summed E-state index contributed by atoms with van der Waals surface area (Å²) in [7, 11) is -3.96. The second-order valence-corrected chi connectivity index (χ2v) is 9.74. The minimum Gasteiger partial charge on any atom is -0.326 e. The molecule has 1 N–H and O–H groups in total. The topological polar surface area (TPSA) is 95.9 Å². The standard InChI is InChI=1S/C21H23N3O4S2/c1-4-24-20(26)18(13-19(25)22-16-9-5-14(2)6-10-16)29-21(24)23-30(27,28)17-11-7-15(3)8-12-17/h5-12,18H,4,13H2,1-3H3,(H,22,25). The summed E-state index contributed by atoms with van der Waals surface area (Å²) in [4.78, 5) is 26.4. The fraction of sp³-hybridized carbons (Fsp3) is 0.286. The number of nitrogens with one attached hydrogen (secondary N) is 1. The highest BCUT2D eigenvalue weighted by Gasteiger charge is 2.39. The molecule has 0 saturated carbocycles. The lowest BCUT2D eigenvalue weighted by atomic mass is 10.2. The molecule has 2 aromatic rings. The number of anilines is 1. The Morgan fingerprint density at radius 1 is 1.07 bits per heavy atom. The highest BCUT2D eigenvalue weighted by molar-refractivity contribution is 8.16. The SMILES string of the molecule is CCN1C(=O)C(CC(=O)Nc2ccc(C)cc2)SC1=NS(=O)(=O)c1ccc(C)cc1. The Kier molecular flexibility index (Phi) is 6.62. The van der Waals surface area contributed by atoms with Gasteiger partial charge in [-0.3, -0.25) is 14.5 Å². The van der Waals surface area contributed by atoms with Crippen molar-refractivity contribution in [3.63, 3.8) is 0 Å². The smallest absolute Gasteiger partial charge is 0.284 e. The van der Waals surface area contributed by atoms with Crippen LogP contribution in [0.3, 0.4) is 0 Å². The molecule has 0 aliphatic carbocycles. The number of nitrogens with zero attached hydrogens (tertiary/aromatic N) is 2. The van der Waals surface area contributed by atoms with Crippen LogP contribution in [0.25, 0.3) is 0 Å². The van der Waals surface area contributed by atoms with E-state index in [1.165, 1.54) is 17.0 Å². The number of carbonyl (C=O) groups excluding carboxylic acids is 2. The second kappa shape index (κ2) is 9.01. The van der Waals surface area contributed by atoms with Gasteiger partial charge in [-0.05, 0) is 45.0 Å². The van der Waals surface area contributed by atoms with Crippen molar-refractivity contribution in [3.8, 4) is 0 Å². The fourth-order valence-corrected chi connectivity index (χ4v) is 5.30. The lowest BCUT2D eigenvalue weighted by Gasteiger charge is -2.13. The number of carbonyl (C=O) groups is 2. The molecule has 0 bridgehead atoms. The summed E-state index contributed by atoms with van der Waals surface area (Å²) in [6, 6.07) is 13.7. The molecule has 2 amide bonds. The Balaban J connectivity index is 1.75. The molecule has 0 aromatic heterocycles. The summed E-state index contributed by atoms with van der Waals surface area (Å²) in [6.45, 7) is 5.81. The van der Waals surface area contributed by atoms with E-state index in [2.05, 4.69) is 9.71 Å². The molecule has 2 aromatic carbocycles. The normalized spacial score (nSPS) is 18.1. The highest BCUT2D eigenvalue weighted by Crippen LogP contribution is 2.31. The Morgan fingerprint density at radius 3 is 2.20 bits per heavy atom. The summed E-state index contributed by atoms with van der Waals surface area (Å²) in [5, 5.41) is 2.14. The van der Waals surface area contributed by atoms with E-state index in [0.717, 1.165) is 22.9 Å². The molecule has 0 radical (unpaired) electrons. The molecule has 0 spiro atoms. The molecule has 1 heterocycles. The van der Waals surface area contributed by atoms with Gasteiger partial charge in [0.25, 0.3) is 10.0 Å². The predicted molar refractivity (Wildman–Crippen MR) is 119 cm³/mol. The minimum absolute atomic E-state index is 0.0604. The maximum absolute atomic E-state index is 12.7. The van der Waals surface area contributed by atoms with Crippen molar-refractivity contribution in [1.29, 1.82) is 0 Å². The molecule has 30 heavy (non-hydrogen) atoms. The van der Waals surface area contributed by atoms with Gasteiger partial charge in [-0.15, -0.1) is 4.40 Å². The number of amides is 2. The van der Waals surface area contributed by atoms with Gasteiger partial charge in [0.2, 0.25) is 11.8 Å². The number of hydrogen-bond donors (Lipinski definition) is 1. The maximum atomic E-state index is 12.7. The number of benzene rings is 2. The molecule has 1 saturated heterocycles. The van der Waals surface area contributed by atoms with Crippen molar-refractivity contribution in [2.24, 2.45) is 4.40 Å². The first-order valence-electron chi connectivity index (χ1n) is 9.46. The summed E-state index contributed by atoms with van der Waals surface area (Å²) in [6.07, 6.45) is -0.0719. The fourth-order valence-electron chi connectivity index (χ4n) is 2.88. The van der Waals surface area contributed by atoms with E-state index < -0.39 is 15.3 Å². The van der Waals surface area contributed by atoms with Gasteiger partial charge >= 0.3 is 0 Å². The van der Waals surface area contributed by atoms with Crippen LogP contribution in [0, 0.1) is 13.8 Å². The minimum atomic E-state index is -3.96. The molecule has 158 valence electrons. The summed E-state index contributed by atoms with van der Waals surface area (Å²) in [5.41, 5.74) is 2.65. The van der Waals surface area contributed by atoms with Crippen LogP contribution < -0.4 is 5.32 Å². The Hall–Kier alpha value is -2.65. The zero-order valence-electron chi connectivity index (χ0n) is 17.0. The highest BCUT2D eigenvalue weighted by atomic mass is 32.2. The molecule has 1 aliphatic heterocycles. The monoisotopic (exact) mass is 445 g/mol. The van der Waals surface area contributed by atoms with Crippen molar-refractivity contribution >= 4 is 44.5 Å². The number of rotatable bonds is 6. The lowest BCUT2D eigenvalue weighted by molar-refractivity contribution is -0.128. The van der Waals surface area contributed by atoms with Crippen LogP contribution in [0.5, 0.6) is 0 Å². The molecule has 1 unspecified atom stereocenters. The Morgan fingerprint density at radius 2 is 1.63 bits per heavy atom. The quantitative estimate of drug-likeness (QED) is 0.736. The third-order valence-corrected chi connectivity index (χ3v) is 7.13. The van der Waals surface area contributed by atoms with Gasteiger partial charge in [0.15, 0.2) is 5.17 Å². The van der Waals surface area contributed by atoms with Crippen LogP contribution in [0.1, 0.15) is 24.5 Å². The molecule has 7 nitrogen and oxygen atoms in total. The first kappa shape index (κ1) is 22.0. The zero-order valence-corrected chi connectivity index (χ0v) is 18.6. The molecular weight excluding hydrogens is 422 g/mol. The third-order valence-electron chi connectivity index (χ3n) is 4.56. The van der Waals surface area contributed by atoms with Gasteiger partial charge < -0.3 is 5.32 Å². The third kappa shape index (κ3) is 5.09. The van der Waals surface area contributed by atoms with Gasteiger partial charge in [-0.1, -0.05) is 47.2 Å². The van der Waals surface area contributed by atoms with Crippen molar-refractivity contribution in [2.45, 2.75) is 37.3 Å². The number of thioether (sulfide) groups is 1. The first-order valence-corrected chi connectivity index (χ1v) is 11.8. The van der Waals surface area contributed by atoms with Crippen LogP contribution in [-0.4, -0.2) is 42.1 Å². The van der Waals surface area contributed by atoms with Gasteiger partial charge in [0.05, 0.1) is 4.90 Å². The zero-order chi connectivity index (χ0) is 21.9. The Labute approximate surface area is 180 Å². The van der Waals surface area contributed by atoms with E-state index in [9.17, 15) is 18.0 Å². The van der Waals surface area contributed by atoms with Crippen molar-refractivity contribution in [1.82, 2.24) is 4.90 Å². The van der Waals surface area contributed by atoms with E-state index in [0.29, 0.717) is 5.69 Å². The van der Waals surface area contributed by atoms with Crippen molar-refractivity contribution in [3.05, 3.63) is 59.7 Å². The molecule has 1 atom stereocenters. The van der Waals surface area contributed by atoms with Crippen molar-refractivity contribution in [2.75, 3.05) is 11.9 Å². The average molecular weight is 446 g/mol. The maximum Gasteiger partial charge on any atom is 0.284 e. The average Bonchev–Trinajstić information content (AvgIpc) is 2.97. The number of sulfonamides is 1. The molecular formula is C21H23N3O4S2. The second-order valence-electron chi connectivity index (χ2n) is 6.97. The number of hydrogen-bond acceptors (Lipinski definition) is 5. The molecule has 9 heteroatoms. The molecule has 3 rings (SSSR count). The van der Waals surface area contributed by atoms with Gasteiger partial charge in [-0.25, -0.2) is 0 Å². The number of aryl methyl sites for hydroxylation is 2. The van der Waals surface area contributed by atoms with Crippen LogP contribution in [-0.2, 0) is 19.6 Å². The van der Waals surface area contributed by atoms with Crippen LogP contribution >= 0.6 is 11.8 Å². The predicted octanol–water partition coefficient (Wildman–Crippen LogP) is 3.34. The van der Waals surface area contributed by atoms with Crippen LogP contribution in [0.15, 0.2) is 57.8 Å². The van der Waals surface area contributed by atoms with Gasteiger partial charge in [-0.2, -0.15) is 8.42 Å². The van der Waals surface area contributed by atoms with Crippen molar-refractivity contribution < 1.29 is 18.0 Å². The molecule has 1 aliphatic rings. The van der Waals surface area contributed by atoms with E-state index in [1.807, 2.05) is 26.0 Å². The summed E-state index contributed by atoms with van der Waals surface area (Å²) >= 11 is 1.00.